The number of aromatic amines is 1. The molecule has 3 aliphatic rings. The molecule has 7 amide bonds. The lowest BCUT2D eigenvalue weighted by molar-refractivity contribution is -0.145. The Morgan fingerprint density at radius 1 is 0.917 bits per heavy atom. The number of aliphatic hydroxyl groups is 3. The molecule has 2 bridgehead atoms. The van der Waals surface area contributed by atoms with Crippen LogP contribution >= 0.6 is 21.6 Å². The van der Waals surface area contributed by atoms with E-state index in [9.17, 15) is 62.7 Å². The van der Waals surface area contributed by atoms with Gasteiger partial charge in [-0.15, -0.1) is 0 Å². The number of amides is 7. The summed E-state index contributed by atoms with van der Waals surface area (Å²) in [7, 11) is 1.01. The zero-order valence-electron chi connectivity index (χ0n) is 40.5. The summed E-state index contributed by atoms with van der Waals surface area (Å²) in [5.41, 5.74) is 11.8. The van der Waals surface area contributed by atoms with Crippen LogP contribution in [-0.4, -0.2) is 175 Å². The highest BCUT2D eigenvalue weighted by molar-refractivity contribution is 8.76. The number of hydrogen-bond acceptors (Lipinski definition) is 17. The van der Waals surface area contributed by atoms with E-state index in [1.165, 1.54) is 6.92 Å². The van der Waals surface area contributed by atoms with Gasteiger partial charge >= 0.3 is 0 Å². The third-order valence-electron chi connectivity index (χ3n) is 13.0. The fraction of sp³-hybridized carbons (Fsp3) is 0.630. The minimum atomic E-state index is -2.30. The highest BCUT2D eigenvalue weighted by atomic mass is 33.1. The van der Waals surface area contributed by atoms with Crippen LogP contribution in [0.1, 0.15) is 64.9 Å². The van der Waals surface area contributed by atoms with Gasteiger partial charge in [-0.1, -0.05) is 48.8 Å². The Bertz CT molecular complexity index is 2350. The van der Waals surface area contributed by atoms with E-state index in [1.807, 2.05) is 0 Å². The van der Waals surface area contributed by atoms with Gasteiger partial charge in [0.2, 0.25) is 41.4 Å². The summed E-state index contributed by atoms with van der Waals surface area (Å²) in [5, 5.41) is 44.7. The number of ketones is 2. The maximum absolute atomic E-state index is 15.0. The Balaban J connectivity index is 1.71. The summed E-state index contributed by atoms with van der Waals surface area (Å²) < 4.78 is 21.0. The van der Waals surface area contributed by atoms with Crippen molar-refractivity contribution in [3.05, 3.63) is 23.8 Å². The molecular weight excluding hydrogens is 999 g/mol. The molecule has 4 heterocycles. The van der Waals surface area contributed by atoms with Crippen LogP contribution in [-0.2, 0) is 60.4 Å². The number of H-pyrrole nitrogens is 1. The predicted octanol–water partition coefficient (Wildman–Crippen LogP) is -2.34. The average Bonchev–Trinajstić information content (AvgIpc) is 3.92. The SMILES string of the molecule is CC[C@H](C)[C@@H]1NC(=O)CNC(=O)C2CC(=O)[C@H]([C@@H](C)[C@@H](O)CO)NC(=O)[C@@H]3CC(O)CN3C(=O)[C@H](CC(N)=O)CC(=O)C(C[S@@](=O)c3[nH]c4cc(OCCCSSCCN)ccc4c3C2)NC(=O)CNC1=O. The number of aromatic nitrogens is 1. The number of primary amides is 1. The number of benzene rings is 1. The topological polar surface area (TPSA) is 372 Å². The van der Waals surface area contributed by atoms with Crippen molar-refractivity contribution in [3.63, 3.8) is 0 Å². The Labute approximate surface area is 426 Å². The van der Waals surface area contributed by atoms with Gasteiger partial charge in [-0.2, -0.15) is 0 Å². The molecule has 0 spiro atoms. The van der Waals surface area contributed by atoms with Crippen LogP contribution in [0, 0.1) is 23.7 Å². The van der Waals surface area contributed by atoms with Crippen LogP contribution in [0.5, 0.6) is 5.75 Å². The van der Waals surface area contributed by atoms with Crippen molar-refractivity contribution in [1.82, 2.24) is 36.5 Å². The molecule has 3 unspecified atom stereocenters. The standard InChI is InChI=1S/C46H67N9O14S3/c1-4-23(2)40-44(66)50-18-38(62)51-32-22-72(68)45-30(29-7-6-28(17-31(29)52-45)69-9-5-10-70-71-11-8-47)12-25(42(64)49-19-39(63)53-40)13-35(59)41(24(3)36(60)21-56)54-43(65)33-16-27(57)20-55(33)46(67)26(14-34(32)58)15-37(48)61/h6-7,17,23-27,32-33,36,40-41,52,56-57,60H,4-5,8-16,18-22,47H2,1-3H3,(H2,48,61)(H,49,64)(H,50,66)(H,51,62)(H,53,63)(H,54,65)/t23-,24-,25?,26-,27?,32?,33-,36-,40-,41-,72+/m0/s1. The van der Waals surface area contributed by atoms with E-state index in [1.54, 1.807) is 53.6 Å². The Hall–Kier alpha value is -5.12. The van der Waals surface area contributed by atoms with Gasteiger partial charge in [0.05, 0.1) is 78.6 Å². The first kappa shape index (κ1) is 57.8. The molecule has 1 aromatic carbocycles. The Kier molecular flexibility index (Phi) is 21.9. The van der Waals surface area contributed by atoms with Gasteiger partial charge < -0.3 is 68.0 Å². The summed E-state index contributed by atoms with van der Waals surface area (Å²) in [5.74, 6) is -11.4. The van der Waals surface area contributed by atoms with E-state index in [4.69, 9.17) is 16.2 Å². The van der Waals surface area contributed by atoms with Crippen molar-refractivity contribution < 1.29 is 67.4 Å². The van der Waals surface area contributed by atoms with E-state index in [0.717, 1.165) is 16.4 Å². The number of nitrogens with two attached hydrogens (primary N) is 2. The smallest absolute Gasteiger partial charge is 0.243 e. The lowest BCUT2D eigenvalue weighted by atomic mass is 9.85. The number of nitrogens with zero attached hydrogens (tertiary/aromatic N) is 1. The van der Waals surface area contributed by atoms with Gasteiger partial charge in [-0.05, 0) is 36.5 Å². The van der Waals surface area contributed by atoms with Crippen LogP contribution in [0.25, 0.3) is 10.9 Å². The monoisotopic (exact) mass is 1070 g/mol. The lowest BCUT2D eigenvalue weighted by Gasteiger charge is -2.32. The van der Waals surface area contributed by atoms with Crippen molar-refractivity contribution in [2.45, 2.75) is 107 Å². The van der Waals surface area contributed by atoms with Crippen molar-refractivity contribution in [2.75, 3.05) is 56.7 Å². The fourth-order valence-electron chi connectivity index (χ4n) is 8.81. The first-order chi connectivity index (χ1) is 34.3. The second-order valence-corrected chi connectivity index (χ2v) is 22.5. The van der Waals surface area contributed by atoms with Crippen LogP contribution in [0.15, 0.2) is 23.2 Å². The van der Waals surface area contributed by atoms with Crippen LogP contribution in [0.2, 0.25) is 0 Å². The first-order valence-electron chi connectivity index (χ1n) is 23.9. The summed E-state index contributed by atoms with van der Waals surface area (Å²) >= 11 is 0. The van der Waals surface area contributed by atoms with E-state index < -0.39 is 175 Å². The van der Waals surface area contributed by atoms with Gasteiger partial charge in [0.1, 0.15) is 22.9 Å². The van der Waals surface area contributed by atoms with Crippen molar-refractivity contribution in [3.8, 4) is 5.75 Å². The van der Waals surface area contributed by atoms with E-state index in [-0.39, 0.29) is 23.4 Å². The Morgan fingerprint density at radius 3 is 2.29 bits per heavy atom. The number of ether oxygens (including phenoxy) is 1. The highest BCUT2D eigenvalue weighted by Crippen LogP contribution is 2.33. The summed E-state index contributed by atoms with van der Waals surface area (Å²) in [6, 6.07) is -1.09. The van der Waals surface area contributed by atoms with Gasteiger partial charge in [-0.3, -0.25) is 47.4 Å². The number of carbonyl (C=O) groups is 9. The van der Waals surface area contributed by atoms with Gasteiger partial charge in [0.25, 0.3) is 0 Å². The maximum atomic E-state index is 15.0. The third-order valence-corrected chi connectivity index (χ3v) is 17.0. The molecule has 23 nitrogen and oxygen atoms in total. The highest BCUT2D eigenvalue weighted by Gasteiger charge is 2.45. The van der Waals surface area contributed by atoms with E-state index >= 15 is 0 Å². The lowest BCUT2D eigenvalue weighted by Crippen LogP contribution is -2.56. The number of hydrogen-bond donors (Lipinski definition) is 11. The molecule has 0 radical (unpaired) electrons. The van der Waals surface area contributed by atoms with Crippen molar-refractivity contribution in [2.24, 2.45) is 35.1 Å². The first-order valence-corrected chi connectivity index (χ1v) is 27.7. The molecule has 398 valence electrons. The second kappa shape index (κ2) is 27.2. The van der Waals surface area contributed by atoms with Gasteiger partial charge in [0.15, 0.2) is 11.6 Å². The van der Waals surface area contributed by atoms with Crippen LogP contribution in [0.4, 0.5) is 0 Å². The minimum absolute atomic E-state index is 0.0370. The maximum Gasteiger partial charge on any atom is 0.243 e. The normalized spacial score (nSPS) is 26.8. The molecule has 1 saturated heterocycles. The molecule has 11 atom stereocenters. The molecule has 3 aliphatic heterocycles. The summed E-state index contributed by atoms with van der Waals surface area (Å²) in [6.07, 6.45) is -4.77. The molecular formula is C46H67N9O14S3. The van der Waals surface area contributed by atoms with Gasteiger partial charge in [0, 0.05) is 73.6 Å². The molecule has 0 saturated carbocycles. The van der Waals surface area contributed by atoms with Crippen molar-refractivity contribution >= 4 is 96.2 Å². The zero-order chi connectivity index (χ0) is 52.8. The number of Topliss-reactive ketones (excluding diaryl/α,β-unsaturated/α-hetero) is 2. The fourth-order valence-corrected chi connectivity index (χ4v) is 12.2. The Morgan fingerprint density at radius 2 is 1.61 bits per heavy atom. The molecule has 1 fully saturated rings. The number of aliphatic hydroxyl groups excluding tert-OH is 3. The molecule has 72 heavy (non-hydrogen) atoms. The number of fused-ring (bicyclic) bond motifs is 5. The number of carbonyl (C=O) groups excluding carboxylic acids is 9. The quantitative estimate of drug-likeness (QED) is 0.0658. The number of rotatable bonds is 15. The summed E-state index contributed by atoms with van der Waals surface area (Å²) in [6.45, 7) is 2.98. The third kappa shape index (κ3) is 15.5. The summed E-state index contributed by atoms with van der Waals surface area (Å²) in [4.78, 5) is 130. The van der Waals surface area contributed by atoms with E-state index in [2.05, 4.69) is 31.6 Å². The molecule has 2 aromatic rings. The van der Waals surface area contributed by atoms with E-state index in [0.29, 0.717) is 42.6 Å². The van der Waals surface area contributed by atoms with Crippen molar-refractivity contribution in [1.29, 1.82) is 0 Å². The number of nitrogens with one attached hydrogen (secondary N) is 6. The largest absolute Gasteiger partial charge is 0.493 e. The molecule has 5 rings (SSSR count). The molecule has 0 aliphatic carbocycles. The molecule has 1 aromatic heterocycles. The second-order valence-electron chi connectivity index (χ2n) is 18.4. The zero-order valence-corrected chi connectivity index (χ0v) is 42.9. The van der Waals surface area contributed by atoms with Crippen LogP contribution < -0.4 is 42.8 Å². The predicted molar refractivity (Wildman–Crippen MR) is 267 cm³/mol. The van der Waals surface area contributed by atoms with Gasteiger partial charge in [-0.25, -0.2) is 0 Å². The minimum Gasteiger partial charge on any atom is -0.493 e. The average molecular weight is 1070 g/mol. The molecule has 13 N–H and O–H groups in total. The molecule has 26 heteroatoms. The van der Waals surface area contributed by atoms with Crippen LogP contribution in [0.3, 0.4) is 0 Å².